The summed E-state index contributed by atoms with van der Waals surface area (Å²) >= 11 is 0. The lowest BCUT2D eigenvalue weighted by Crippen LogP contribution is -2.25. The van der Waals surface area contributed by atoms with Crippen molar-refractivity contribution in [2.24, 2.45) is 5.92 Å². The Kier molecular flexibility index (Phi) is 5.45. The van der Waals surface area contributed by atoms with Crippen LogP contribution in [0, 0.1) is 5.92 Å². The topological polar surface area (TPSA) is 63.6 Å². The fourth-order valence-corrected chi connectivity index (χ4v) is 3.11. The first-order valence-corrected chi connectivity index (χ1v) is 8.27. The molecule has 1 atom stereocenters. The highest BCUT2D eigenvalue weighted by Crippen LogP contribution is 2.29. The lowest BCUT2D eigenvalue weighted by Gasteiger charge is -2.25. The van der Waals surface area contributed by atoms with Crippen LogP contribution in [0.2, 0.25) is 0 Å². The van der Waals surface area contributed by atoms with E-state index in [0.717, 1.165) is 31.2 Å². The zero-order chi connectivity index (χ0) is 17.0. The smallest absolute Gasteiger partial charge is 0.310 e. The zero-order valence-corrected chi connectivity index (χ0v) is 14.2. The number of hydrogen-bond donors (Lipinski definition) is 1. The minimum atomic E-state index is -0.719. The van der Waals surface area contributed by atoms with Crippen molar-refractivity contribution in [3.05, 3.63) is 34.9 Å². The number of rotatable bonds is 5. The van der Waals surface area contributed by atoms with Crippen LogP contribution in [0.3, 0.4) is 0 Å². The molecule has 1 aliphatic rings. The highest BCUT2D eigenvalue weighted by molar-refractivity contribution is 5.73. The number of carboxylic acid groups (broad SMARTS) is 1. The van der Waals surface area contributed by atoms with Gasteiger partial charge in [0.1, 0.15) is 5.60 Å². The number of carboxylic acids is 1. The molecule has 126 valence electrons. The van der Waals surface area contributed by atoms with Crippen molar-refractivity contribution in [3.63, 3.8) is 0 Å². The normalized spacial score (nSPS) is 17.4. The molecule has 1 aromatic carbocycles. The van der Waals surface area contributed by atoms with Crippen LogP contribution in [0.25, 0.3) is 0 Å². The summed E-state index contributed by atoms with van der Waals surface area (Å²) < 4.78 is 5.36. The van der Waals surface area contributed by atoms with Crippen LogP contribution in [-0.2, 0) is 33.6 Å². The van der Waals surface area contributed by atoms with Crippen LogP contribution >= 0.6 is 0 Å². The van der Waals surface area contributed by atoms with Gasteiger partial charge < -0.3 is 9.84 Å². The molecule has 0 saturated carbocycles. The largest absolute Gasteiger partial charge is 0.481 e. The van der Waals surface area contributed by atoms with Crippen LogP contribution in [0.1, 0.15) is 56.7 Å². The number of hydrogen-bond acceptors (Lipinski definition) is 3. The van der Waals surface area contributed by atoms with E-state index < -0.39 is 11.6 Å². The Balaban J connectivity index is 1.96. The summed E-state index contributed by atoms with van der Waals surface area (Å²) in [5.74, 6) is -0.466. The average molecular weight is 318 g/mol. The molecule has 0 bridgehead atoms. The third-order valence-corrected chi connectivity index (χ3v) is 4.14. The Morgan fingerprint density at radius 2 is 2.00 bits per heavy atom. The molecule has 0 aliphatic heterocycles. The second-order valence-electron chi connectivity index (χ2n) is 7.41. The van der Waals surface area contributed by atoms with Crippen LogP contribution < -0.4 is 0 Å². The van der Waals surface area contributed by atoms with Crippen LogP contribution in [-0.4, -0.2) is 22.6 Å². The SMILES string of the molecule is CC(C)(C)OC(=O)Cc1ccc2c(c1)CC[C@H](CCC(=O)O)C2. The van der Waals surface area contributed by atoms with Gasteiger partial charge in [0.25, 0.3) is 0 Å². The van der Waals surface area contributed by atoms with Gasteiger partial charge in [0, 0.05) is 6.42 Å². The highest BCUT2D eigenvalue weighted by Gasteiger charge is 2.21. The van der Waals surface area contributed by atoms with E-state index in [1.165, 1.54) is 11.1 Å². The van der Waals surface area contributed by atoms with Crippen molar-refractivity contribution >= 4 is 11.9 Å². The Morgan fingerprint density at radius 1 is 1.26 bits per heavy atom. The molecule has 23 heavy (non-hydrogen) atoms. The van der Waals surface area contributed by atoms with E-state index in [4.69, 9.17) is 9.84 Å². The van der Waals surface area contributed by atoms with Crippen LogP contribution in [0.4, 0.5) is 0 Å². The molecule has 1 aliphatic carbocycles. The molecule has 0 aromatic heterocycles. The van der Waals surface area contributed by atoms with Crippen molar-refractivity contribution < 1.29 is 19.4 Å². The summed E-state index contributed by atoms with van der Waals surface area (Å²) in [7, 11) is 0. The fourth-order valence-electron chi connectivity index (χ4n) is 3.11. The number of benzene rings is 1. The number of esters is 1. The molecule has 4 nitrogen and oxygen atoms in total. The second-order valence-corrected chi connectivity index (χ2v) is 7.41. The zero-order valence-electron chi connectivity index (χ0n) is 14.2. The Hall–Kier alpha value is -1.84. The van der Waals surface area contributed by atoms with Gasteiger partial charge in [0.15, 0.2) is 0 Å². The highest BCUT2D eigenvalue weighted by atomic mass is 16.6. The molecular weight excluding hydrogens is 292 g/mol. The van der Waals surface area contributed by atoms with Gasteiger partial charge in [-0.3, -0.25) is 9.59 Å². The molecule has 0 saturated heterocycles. The third-order valence-electron chi connectivity index (χ3n) is 4.14. The summed E-state index contributed by atoms with van der Waals surface area (Å²) in [4.78, 5) is 22.6. The standard InChI is InChI=1S/C19H26O4/c1-19(2,3)23-18(22)12-14-5-8-15-10-13(6-9-17(20)21)4-7-16(15)11-14/h5,8,11,13H,4,6-7,9-10,12H2,1-3H3,(H,20,21)/t13-/m1/s1. The summed E-state index contributed by atoms with van der Waals surface area (Å²) in [6, 6.07) is 6.18. The first kappa shape index (κ1) is 17.5. The molecule has 0 heterocycles. The summed E-state index contributed by atoms with van der Waals surface area (Å²) in [5, 5.41) is 8.80. The quantitative estimate of drug-likeness (QED) is 0.843. The maximum Gasteiger partial charge on any atom is 0.310 e. The third kappa shape index (κ3) is 5.70. The number of carbonyl (C=O) groups excluding carboxylic acids is 1. The fraction of sp³-hybridized carbons (Fsp3) is 0.579. The first-order valence-electron chi connectivity index (χ1n) is 8.27. The van der Waals surface area contributed by atoms with E-state index >= 15 is 0 Å². The lowest BCUT2D eigenvalue weighted by atomic mass is 9.81. The van der Waals surface area contributed by atoms with Gasteiger partial charge in [-0.1, -0.05) is 18.2 Å². The van der Waals surface area contributed by atoms with E-state index in [2.05, 4.69) is 12.1 Å². The van der Waals surface area contributed by atoms with Gasteiger partial charge in [0.05, 0.1) is 6.42 Å². The predicted octanol–water partition coefficient (Wildman–Crippen LogP) is 3.54. The lowest BCUT2D eigenvalue weighted by molar-refractivity contribution is -0.154. The maximum absolute atomic E-state index is 11.9. The number of aliphatic carboxylic acids is 1. The molecule has 1 N–H and O–H groups in total. The monoisotopic (exact) mass is 318 g/mol. The van der Waals surface area contributed by atoms with Crippen molar-refractivity contribution in [2.45, 2.75) is 64.9 Å². The van der Waals surface area contributed by atoms with Crippen molar-refractivity contribution in [1.82, 2.24) is 0 Å². The van der Waals surface area contributed by atoms with E-state index in [1.54, 1.807) is 0 Å². The summed E-state index contributed by atoms with van der Waals surface area (Å²) in [6.45, 7) is 5.61. The minimum absolute atomic E-state index is 0.201. The Morgan fingerprint density at radius 3 is 2.65 bits per heavy atom. The van der Waals surface area contributed by atoms with Crippen molar-refractivity contribution in [3.8, 4) is 0 Å². The van der Waals surface area contributed by atoms with E-state index in [9.17, 15) is 9.59 Å². The minimum Gasteiger partial charge on any atom is -0.481 e. The van der Waals surface area contributed by atoms with Gasteiger partial charge in [-0.25, -0.2) is 0 Å². The van der Waals surface area contributed by atoms with Gasteiger partial charge in [0.2, 0.25) is 0 Å². The van der Waals surface area contributed by atoms with Crippen LogP contribution in [0.5, 0.6) is 0 Å². The van der Waals surface area contributed by atoms with Crippen LogP contribution in [0.15, 0.2) is 18.2 Å². The van der Waals surface area contributed by atoms with Gasteiger partial charge >= 0.3 is 11.9 Å². The molecule has 0 radical (unpaired) electrons. The average Bonchev–Trinajstić information content (AvgIpc) is 2.42. The number of ether oxygens (including phenoxy) is 1. The number of aryl methyl sites for hydroxylation is 1. The molecule has 0 spiro atoms. The number of carbonyl (C=O) groups is 2. The van der Waals surface area contributed by atoms with Crippen molar-refractivity contribution in [1.29, 1.82) is 0 Å². The van der Waals surface area contributed by atoms with Crippen molar-refractivity contribution in [2.75, 3.05) is 0 Å². The number of fused-ring (bicyclic) bond motifs is 1. The molecule has 2 rings (SSSR count). The predicted molar refractivity (Wildman–Crippen MR) is 88.4 cm³/mol. The maximum atomic E-state index is 11.9. The molecule has 1 aromatic rings. The molecule has 0 unspecified atom stereocenters. The first-order chi connectivity index (χ1) is 10.7. The summed E-state index contributed by atoms with van der Waals surface area (Å²) in [6.07, 6.45) is 4.21. The molecule has 0 fully saturated rings. The van der Waals surface area contributed by atoms with E-state index in [1.807, 2.05) is 26.8 Å². The Bertz CT molecular complexity index is 584. The second kappa shape index (κ2) is 7.16. The summed E-state index contributed by atoms with van der Waals surface area (Å²) in [5.41, 5.74) is 3.11. The Labute approximate surface area is 137 Å². The van der Waals surface area contributed by atoms with Gasteiger partial charge in [-0.05, 0) is 69.1 Å². The van der Waals surface area contributed by atoms with Gasteiger partial charge in [-0.15, -0.1) is 0 Å². The molecular formula is C19H26O4. The molecule has 4 heteroatoms. The van der Waals surface area contributed by atoms with E-state index in [-0.39, 0.29) is 12.4 Å². The molecule has 0 amide bonds. The van der Waals surface area contributed by atoms with E-state index in [0.29, 0.717) is 12.3 Å². The van der Waals surface area contributed by atoms with Gasteiger partial charge in [-0.2, -0.15) is 0 Å².